The second kappa shape index (κ2) is 6.05. The van der Waals surface area contributed by atoms with Crippen LogP contribution in [0.3, 0.4) is 0 Å². The Labute approximate surface area is 139 Å². The number of piperazine rings is 1. The summed E-state index contributed by atoms with van der Waals surface area (Å²) in [5.74, 6) is 2.51. The van der Waals surface area contributed by atoms with Crippen LogP contribution in [0.1, 0.15) is 19.2 Å². The first-order valence-electron chi connectivity index (χ1n) is 8.08. The summed E-state index contributed by atoms with van der Waals surface area (Å²) in [5, 5.41) is 6.06. The standard InChI is InChI=1S/C16H20N4O2S/c1-11-9-12(11)16(21)20-6-4-19(5-7-20)10-14-17-15(22-18-14)13-3-2-8-23-13/h2-3,8,11-12H,4-7,9-10H2,1H3/t11-,12+/m1/s1. The van der Waals surface area contributed by atoms with Crippen molar-refractivity contribution < 1.29 is 9.32 Å². The molecule has 122 valence electrons. The van der Waals surface area contributed by atoms with Crippen molar-refractivity contribution in [3.05, 3.63) is 23.3 Å². The molecular formula is C16H20N4O2S. The summed E-state index contributed by atoms with van der Waals surface area (Å²) in [6.45, 7) is 6.18. The molecule has 0 unspecified atom stereocenters. The van der Waals surface area contributed by atoms with E-state index >= 15 is 0 Å². The lowest BCUT2D eigenvalue weighted by atomic mass is 10.2. The van der Waals surface area contributed by atoms with Gasteiger partial charge >= 0.3 is 0 Å². The molecule has 1 amide bonds. The van der Waals surface area contributed by atoms with Crippen molar-refractivity contribution in [1.82, 2.24) is 19.9 Å². The maximum Gasteiger partial charge on any atom is 0.268 e. The molecule has 6 nitrogen and oxygen atoms in total. The van der Waals surface area contributed by atoms with Crippen LogP contribution in [-0.2, 0) is 11.3 Å². The average molecular weight is 332 g/mol. The molecule has 1 aliphatic heterocycles. The number of hydrogen-bond acceptors (Lipinski definition) is 6. The second-order valence-electron chi connectivity index (χ2n) is 6.41. The van der Waals surface area contributed by atoms with Gasteiger partial charge in [0.1, 0.15) is 0 Å². The smallest absolute Gasteiger partial charge is 0.268 e. The molecule has 4 rings (SSSR count). The van der Waals surface area contributed by atoms with Crippen LogP contribution in [0.4, 0.5) is 0 Å². The highest BCUT2D eigenvalue weighted by Crippen LogP contribution is 2.39. The van der Waals surface area contributed by atoms with E-state index in [2.05, 4.69) is 22.0 Å². The van der Waals surface area contributed by atoms with Crippen molar-refractivity contribution in [1.29, 1.82) is 0 Å². The maximum atomic E-state index is 12.2. The highest BCUT2D eigenvalue weighted by atomic mass is 32.1. The molecule has 23 heavy (non-hydrogen) atoms. The van der Waals surface area contributed by atoms with Crippen LogP contribution in [0.15, 0.2) is 22.0 Å². The fourth-order valence-corrected chi connectivity index (χ4v) is 3.69. The lowest BCUT2D eigenvalue weighted by Gasteiger charge is -2.34. The summed E-state index contributed by atoms with van der Waals surface area (Å²) in [6, 6.07) is 3.95. The predicted octanol–water partition coefficient (Wildman–Crippen LogP) is 2.10. The Morgan fingerprint density at radius 3 is 2.83 bits per heavy atom. The number of nitrogens with zero attached hydrogens (tertiary/aromatic N) is 4. The molecule has 2 aromatic rings. The first-order chi connectivity index (χ1) is 11.2. The van der Waals surface area contributed by atoms with Crippen molar-refractivity contribution in [2.45, 2.75) is 19.9 Å². The second-order valence-corrected chi connectivity index (χ2v) is 7.36. The average Bonchev–Trinajstić information content (AvgIpc) is 3.00. The van der Waals surface area contributed by atoms with E-state index < -0.39 is 0 Å². The number of thiophene rings is 1. The summed E-state index contributed by atoms with van der Waals surface area (Å²) in [7, 11) is 0. The van der Waals surface area contributed by atoms with Crippen LogP contribution < -0.4 is 0 Å². The summed E-state index contributed by atoms with van der Waals surface area (Å²) >= 11 is 1.59. The molecule has 2 aliphatic rings. The minimum absolute atomic E-state index is 0.284. The van der Waals surface area contributed by atoms with Crippen LogP contribution in [0.25, 0.3) is 10.8 Å². The molecule has 7 heteroatoms. The number of aromatic nitrogens is 2. The fourth-order valence-electron chi connectivity index (χ4n) is 3.05. The van der Waals surface area contributed by atoms with Gasteiger partial charge in [0.15, 0.2) is 5.82 Å². The van der Waals surface area contributed by atoms with Gasteiger partial charge in [-0.1, -0.05) is 18.1 Å². The molecule has 2 fully saturated rings. The first kappa shape index (κ1) is 14.8. The van der Waals surface area contributed by atoms with Crippen molar-refractivity contribution in [2.24, 2.45) is 11.8 Å². The topological polar surface area (TPSA) is 62.5 Å². The quantitative estimate of drug-likeness (QED) is 0.858. The minimum Gasteiger partial charge on any atom is -0.340 e. The number of rotatable bonds is 4. The molecule has 0 aromatic carbocycles. The molecule has 1 aliphatic carbocycles. The molecule has 2 atom stereocenters. The predicted molar refractivity (Wildman–Crippen MR) is 86.7 cm³/mol. The van der Waals surface area contributed by atoms with E-state index in [4.69, 9.17) is 4.52 Å². The van der Waals surface area contributed by atoms with Gasteiger partial charge < -0.3 is 9.42 Å². The van der Waals surface area contributed by atoms with Gasteiger partial charge in [-0.25, -0.2) is 0 Å². The van der Waals surface area contributed by atoms with Crippen molar-refractivity contribution in [2.75, 3.05) is 26.2 Å². The molecule has 0 N–H and O–H groups in total. The lowest BCUT2D eigenvalue weighted by Crippen LogP contribution is -2.49. The van der Waals surface area contributed by atoms with Crippen LogP contribution in [0.2, 0.25) is 0 Å². The molecule has 3 heterocycles. The third-order valence-corrected chi connectivity index (χ3v) is 5.53. The highest BCUT2D eigenvalue weighted by molar-refractivity contribution is 7.13. The number of carbonyl (C=O) groups is 1. The largest absolute Gasteiger partial charge is 0.340 e. The van der Waals surface area contributed by atoms with Crippen molar-refractivity contribution in [3.63, 3.8) is 0 Å². The van der Waals surface area contributed by atoms with Gasteiger partial charge in [-0.2, -0.15) is 4.98 Å². The minimum atomic E-state index is 0.284. The third kappa shape index (κ3) is 3.16. The Morgan fingerprint density at radius 1 is 1.39 bits per heavy atom. The van der Waals surface area contributed by atoms with Gasteiger partial charge in [-0.3, -0.25) is 9.69 Å². The summed E-state index contributed by atoms with van der Waals surface area (Å²) in [6.07, 6.45) is 1.06. The van der Waals surface area contributed by atoms with E-state index in [0.29, 0.717) is 30.1 Å². The van der Waals surface area contributed by atoms with Gasteiger partial charge in [-0.05, 0) is 23.8 Å². The zero-order valence-corrected chi connectivity index (χ0v) is 14.0. The molecule has 1 saturated heterocycles. The van der Waals surface area contributed by atoms with E-state index in [1.54, 1.807) is 11.3 Å². The Hall–Kier alpha value is -1.73. The van der Waals surface area contributed by atoms with Crippen LogP contribution in [0, 0.1) is 11.8 Å². The summed E-state index contributed by atoms with van der Waals surface area (Å²) in [4.78, 5) is 22.0. The SMILES string of the molecule is C[C@@H]1C[C@@H]1C(=O)N1CCN(Cc2noc(-c3cccs3)n2)CC1. The van der Waals surface area contributed by atoms with Crippen molar-refractivity contribution in [3.8, 4) is 10.8 Å². The molecular weight excluding hydrogens is 312 g/mol. The fraction of sp³-hybridized carbons (Fsp3) is 0.562. The Morgan fingerprint density at radius 2 is 2.17 bits per heavy atom. The van der Waals surface area contributed by atoms with Crippen molar-refractivity contribution >= 4 is 17.2 Å². The van der Waals surface area contributed by atoms with E-state index in [0.717, 1.165) is 37.5 Å². The maximum absolute atomic E-state index is 12.2. The number of hydrogen-bond donors (Lipinski definition) is 0. The molecule has 0 radical (unpaired) electrons. The van der Waals surface area contributed by atoms with Gasteiger partial charge in [-0.15, -0.1) is 11.3 Å². The Balaban J connectivity index is 1.30. The van der Waals surface area contributed by atoms with Crippen LogP contribution in [-0.4, -0.2) is 52.0 Å². The molecule has 1 saturated carbocycles. The van der Waals surface area contributed by atoms with E-state index in [9.17, 15) is 4.79 Å². The van der Waals surface area contributed by atoms with Gasteiger partial charge in [0.2, 0.25) is 5.91 Å². The monoisotopic (exact) mass is 332 g/mol. The molecule has 2 aromatic heterocycles. The number of amides is 1. The summed E-state index contributed by atoms with van der Waals surface area (Å²) < 4.78 is 5.32. The first-order valence-corrected chi connectivity index (χ1v) is 8.96. The molecule has 0 spiro atoms. The van der Waals surface area contributed by atoms with Crippen LogP contribution in [0.5, 0.6) is 0 Å². The normalized spacial score (nSPS) is 24.8. The van der Waals surface area contributed by atoms with E-state index in [1.807, 2.05) is 22.4 Å². The van der Waals surface area contributed by atoms with Gasteiger partial charge in [0.05, 0.1) is 11.4 Å². The third-order valence-electron chi connectivity index (χ3n) is 4.68. The van der Waals surface area contributed by atoms with E-state index in [1.165, 1.54) is 0 Å². The Bertz CT molecular complexity index is 676. The Kier molecular flexibility index (Phi) is 3.90. The zero-order chi connectivity index (χ0) is 15.8. The van der Waals surface area contributed by atoms with Gasteiger partial charge in [0.25, 0.3) is 5.89 Å². The highest BCUT2D eigenvalue weighted by Gasteiger charge is 2.41. The zero-order valence-electron chi connectivity index (χ0n) is 13.1. The van der Waals surface area contributed by atoms with Crippen LogP contribution >= 0.6 is 11.3 Å². The van der Waals surface area contributed by atoms with E-state index in [-0.39, 0.29) is 5.92 Å². The summed E-state index contributed by atoms with van der Waals surface area (Å²) in [5.41, 5.74) is 0. The lowest BCUT2D eigenvalue weighted by molar-refractivity contribution is -0.134. The molecule has 0 bridgehead atoms. The van der Waals surface area contributed by atoms with Gasteiger partial charge in [0, 0.05) is 32.1 Å². The number of carbonyl (C=O) groups excluding carboxylic acids is 1.